The number of hydrogen-bond acceptors (Lipinski definition) is 6. The summed E-state index contributed by atoms with van der Waals surface area (Å²) in [6, 6.07) is 3.88. The molecule has 0 saturated carbocycles. The summed E-state index contributed by atoms with van der Waals surface area (Å²) in [5.41, 5.74) is 0.351. The van der Waals surface area contributed by atoms with Gasteiger partial charge in [0.2, 0.25) is 15.9 Å². The number of thiophene rings is 1. The van der Waals surface area contributed by atoms with Gasteiger partial charge >= 0.3 is 0 Å². The van der Waals surface area contributed by atoms with Crippen molar-refractivity contribution in [3.63, 3.8) is 0 Å². The molecule has 2 aromatic rings. The Morgan fingerprint density at radius 3 is 2.45 bits per heavy atom. The van der Waals surface area contributed by atoms with Crippen LogP contribution in [0.5, 0.6) is 0 Å². The Bertz CT molecular complexity index is 1010. The largest absolute Gasteiger partial charge is 0.355 e. The number of sulfonamides is 1. The Balaban J connectivity index is 1.69. The molecule has 3 heterocycles. The first-order chi connectivity index (χ1) is 15.9. The Hall–Kier alpha value is -1.97. The van der Waals surface area contributed by atoms with Crippen LogP contribution in [-0.4, -0.2) is 54.9 Å². The zero-order valence-corrected chi connectivity index (χ0v) is 21.5. The van der Waals surface area contributed by atoms with Gasteiger partial charge in [0.05, 0.1) is 0 Å². The van der Waals surface area contributed by atoms with Crippen molar-refractivity contribution in [2.45, 2.75) is 64.2 Å². The highest BCUT2D eigenvalue weighted by Crippen LogP contribution is 2.30. The van der Waals surface area contributed by atoms with Crippen molar-refractivity contribution in [2.75, 3.05) is 26.2 Å². The van der Waals surface area contributed by atoms with E-state index in [1.807, 2.05) is 28.5 Å². The van der Waals surface area contributed by atoms with Gasteiger partial charge in [0.15, 0.2) is 10.7 Å². The van der Waals surface area contributed by atoms with Crippen LogP contribution in [0.15, 0.2) is 26.9 Å². The Kier molecular flexibility index (Phi) is 9.28. The van der Waals surface area contributed by atoms with Crippen molar-refractivity contribution in [1.82, 2.24) is 14.4 Å². The van der Waals surface area contributed by atoms with Crippen LogP contribution in [0, 0.1) is 12.8 Å². The van der Waals surface area contributed by atoms with Crippen molar-refractivity contribution >= 4 is 39.4 Å². The standard InChI is InChI=1S/C24H35N3O4S2/c1-4-6-14-26(15-7-5-2)24(28)20-12-16-27(17-13-20)33(29,30)23-19(3)25-31-22(23)11-10-21-9-8-18-32-21/h8-11,18,20H,4-7,12-17H2,1-3H3. The molecule has 0 N–H and O–H groups in total. The number of hydrogen-bond donors (Lipinski definition) is 0. The van der Waals surface area contributed by atoms with E-state index in [0.29, 0.717) is 31.6 Å². The third-order valence-electron chi connectivity index (χ3n) is 6.05. The summed E-state index contributed by atoms with van der Waals surface area (Å²) in [4.78, 5) is 16.2. The van der Waals surface area contributed by atoms with Crippen molar-refractivity contribution in [2.24, 2.45) is 5.92 Å². The number of amides is 1. The van der Waals surface area contributed by atoms with Crippen LogP contribution in [0.2, 0.25) is 0 Å². The summed E-state index contributed by atoms with van der Waals surface area (Å²) in [7, 11) is -3.76. The van der Waals surface area contributed by atoms with Gasteiger partial charge in [-0.15, -0.1) is 11.3 Å². The lowest BCUT2D eigenvalue weighted by Gasteiger charge is -2.33. The molecule has 33 heavy (non-hydrogen) atoms. The zero-order chi connectivity index (χ0) is 23.8. The molecule has 9 heteroatoms. The van der Waals surface area contributed by atoms with E-state index in [4.69, 9.17) is 4.52 Å². The third kappa shape index (κ3) is 6.33. The number of aryl methyl sites for hydroxylation is 1. The highest BCUT2D eigenvalue weighted by Gasteiger charge is 2.36. The predicted molar refractivity (Wildman–Crippen MR) is 132 cm³/mol. The van der Waals surface area contributed by atoms with Crippen molar-refractivity contribution in [3.05, 3.63) is 33.8 Å². The van der Waals surface area contributed by atoms with Gasteiger partial charge in [-0.05, 0) is 56.2 Å². The van der Waals surface area contributed by atoms with Gasteiger partial charge in [-0.2, -0.15) is 4.31 Å². The van der Waals surface area contributed by atoms with Crippen molar-refractivity contribution in [3.8, 4) is 0 Å². The minimum atomic E-state index is -3.76. The van der Waals surface area contributed by atoms with Gasteiger partial charge in [-0.3, -0.25) is 4.79 Å². The van der Waals surface area contributed by atoms with Crippen molar-refractivity contribution in [1.29, 1.82) is 0 Å². The summed E-state index contributed by atoms with van der Waals surface area (Å²) in [5.74, 6) is 0.297. The normalized spacial score (nSPS) is 16.0. The molecule has 3 rings (SSSR count). The number of rotatable bonds is 11. The highest BCUT2D eigenvalue weighted by atomic mass is 32.2. The molecule has 0 bridgehead atoms. The quantitative estimate of drug-likeness (QED) is 0.438. The lowest BCUT2D eigenvalue weighted by Crippen LogP contribution is -2.45. The van der Waals surface area contributed by atoms with E-state index < -0.39 is 10.0 Å². The van der Waals surface area contributed by atoms with E-state index in [1.165, 1.54) is 4.31 Å². The molecule has 1 saturated heterocycles. The summed E-state index contributed by atoms with van der Waals surface area (Å²) in [6.45, 7) is 8.13. The van der Waals surface area contributed by atoms with Crippen LogP contribution in [0.3, 0.4) is 0 Å². The molecule has 1 fully saturated rings. The Morgan fingerprint density at radius 2 is 1.88 bits per heavy atom. The van der Waals surface area contributed by atoms with Crippen LogP contribution in [0.4, 0.5) is 0 Å². The molecule has 1 aliphatic heterocycles. The van der Waals surface area contributed by atoms with Gasteiger partial charge in [-0.25, -0.2) is 8.42 Å². The maximum Gasteiger partial charge on any atom is 0.248 e. The smallest absolute Gasteiger partial charge is 0.248 e. The van der Waals surface area contributed by atoms with Crippen LogP contribution in [0.25, 0.3) is 12.2 Å². The maximum absolute atomic E-state index is 13.4. The number of carbonyl (C=O) groups excluding carboxylic acids is 1. The van der Waals surface area contributed by atoms with Gasteiger partial charge in [0, 0.05) is 37.0 Å². The van der Waals surface area contributed by atoms with Gasteiger partial charge in [0.1, 0.15) is 5.69 Å². The van der Waals surface area contributed by atoms with E-state index in [-0.39, 0.29) is 22.5 Å². The van der Waals surface area contributed by atoms with Crippen LogP contribution < -0.4 is 0 Å². The van der Waals surface area contributed by atoms with E-state index in [0.717, 1.165) is 43.6 Å². The maximum atomic E-state index is 13.4. The monoisotopic (exact) mass is 493 g/mol. The summed E-state index contributed by atoms with van der Waals surface area (Å²) < 4.78 is 33.7. The SMILES string of the molecule is CCCCN(CCCC)C(=O)C1CCN(S(=O)(=O)c2c(C)noc2C=Cc2cccs2)CC1. The first-order valence-electron chi connectivity index (χ1n) is 11.8. The van der Waals surface area contributed by atoms with Crippen LogP contribution in [-0.2, 0) is 14.8 Å². The molecule has 0 spiro atoms. The molecule has 7 nitrogen and oxygen atoms in total. The van der Waals surface area contributed by atoms with E-state index in [1.54, 1.807) is 24.3 Å². The lowest BCUT2D eigenvalue weighted by molar-refractivity contribution is -0.136. The molecule has 182 valence electrons. The highest BCUT2D eigenvalue weighted by molar-refractivity contribution is 7.89. The average Bonchev–Trinajstić information content (AvgIpc) is 3.47. The second-order valence-corrected chi connectivity index (χ2v) is 11.4. The summed E-state index contributed by atoms with van der Waals surface area (Å²) >= 11 is 1.56. The zero-order valence-electron chi connectivity index (χ0n) is 19.8. The number of unbranched alkanes of at least 4 members (excludes halogenated alkanes) is 2. The molecular weight excluding hydrogens is 458 g/mol. The van der Waals surface area contributed by atoms with E-state index in [2.05, 4.69) is 19.0 Å². The molecule has 0 unspecified atom stereocenters. The average molecular weight is 494 g/mol. The van der Waals surface area contributed by atoms with Crippen molar-refractivity contribution < 1.29 is 17.7 Å². The summed E-state index contributed by atoms with van der Waals surface area (Å²) in [5, 5.41) is 5.87. The lowest BCUT2D eigenvalue weighted by atomic mass is 9.96. The Morgan fingerprint density at radius 1 is 1.21 bits per heavy atom. The molecule has 2 aromatic heterocycles. The molecule has 0 radical (unpaired) electrons. The molecular formula is C24H35N3O4S2. The fourth-order valence-corrected chi connectivity index (χ4v) is 6.44. The molecule has 1 aliphatic rings. The topological polar surface area (TPSA) is 83.7 Å². The van der Waals surface area contributed by atoms with Crippen LogP contribution >= 0.6 is 11.3 Å². The number of aromatic nitrogens is 1. The van der Waals surface area contributed by atoms with E-state index in [9.17, 15) is 13.2 Å². The second kappa shape index (κ2) is 11.9. The molecule has 0 aromatic carbocycles. The minimum absolute atomic E-state index is 0.118. The van der Waals surface area contributed by atoms with E-state index >= 15 is 0 Å². The fourth-order valence-electron chi connectivity index (χ4n) is 4.10. The first kappa shape index (κ1) is 25.6. The first-order valence-corrected chi connectivity index (χ1v) is 14.2. The summed E-state index contributed by atoms with van der Waals surface area (Å²) in [6.07, 6.45) is 8.66. The van der Waals surface area contributed by atoms with Crippen LogP contribution in [0.1, 0.15) is 68.7 Å². The van der Waals surface area contributed by atoms with Gasteiger partial charge < -0.3 is 9.42 Å². The predicted octanol–water partition coefficient (Wildman–Crippen LogP) is 5.04. The van der Waals surface area contributed by atoms with Gasteiger partial charge in [-0.1, -0.05) is 37.9 Å². The minimum Gasteiger partial charge on any atom is -0.355 e. The molecule has 0 aliphatic carbocycles. The number of carbonyl (C=O) groups is 1. The number of piperidine rings is 1. The molecule has 0 atom stereocenters. The second-order valence-electron chi connectivity index (χ2n) is 8.52. The number of nitrogens with zero attached hydrogens (tertiary/aromatic N) is 3. The third-order valence-corrected chi connectivity index (χ3v) is 8.95. The van der Waals surface area contributed by atoms with Gasteiger partial charge in [0.25, 0.3) is 0 Å². The molecule has 1 amide bonds. The fraction of sp³-hybridized carbons (Fsp3) is 0.583. The Labute approximate surface area is 201 Å².